The first-order chi connectivity index (χ1) is 65.1. The Morgan fingerprint density at radius 2 is 0.956 bits per heavy atom. The minimum absolute atomic E-state index is 0.0284. The second-order valence-electron chi connectivity index (χ2n) is 38.4. The number of ether oxygens (including phenoxy) is 8. The number of carboxylic acids is 4. The predicted octanol–water partition coefficient (Wildman–Crippen LogP) is 4.03. The van der Waals surface area contributed by atoms with Crippen molar-refractivity contribution in [2.24, 2.45) is 22.7 Å². The summed E-state index contributed by atoms with van der Waals surface area (Å²) >= 11 is 0. The summed E-state index contributed by atoms with van der Waals surface area (Å²) in [5, 5.41) is 106. The fraction of sp³-hybridized carbons (Fsp3) is 0.545. The van der Waals surface area contributed by atoms with Crippen molar-refractivity contribution in [3.63, 3.8) is 0 Å². The van der Waals surface area contributed by atoms with Gasteiger partial charge in [-0.1, -0.05) is 100 Å². The van der Waals surface area contributed by atoms with Gasteiger partial charge in [-0.25, -0.2) is 28.8 Å². The zero-order valence-corrected chi connectivity index (χ0v) is 78.8. The summed E-state index contributed by atoms with van der Waals surface area (Å²) in [4.78, 5) is 158. The molecule has 3 saturated heterocycles. The summed E-state index contributed by atoms with van der Waals surface area (Å²) in [6, 6.07) is 21.1. The molecule has 5 fully saturated rings. The number of methoxy groups -OCH3 is 6. The van der Waals surface area contributed by atoms with Gasteiger partial charge in [0, 0.05) is 169 Å². The Bertz CT molecular complexity index is 5840. The van der Waals surface area contributed by atoms with Crippen molar-refractivity contribution in [3.05, 3.63) is 154 Å². The fourth-order valence-electron chi connectivity index (χ4n) is 26.7. The minimum Gasteiger partial charge on any atom is -0.496 e. The number of carbonyl (C=O) groups is 11. The van der Waals surface area contributed by atoms with Crippen LogP contribution in [0.4, 0.5) is 11.4 Å². The first-order valence-electron chi connectivity index (χ1n) is 46.2. The van der Waals surface area contributed by atoms with Crippen molar-refractivity contribution in [3.8, 4) is 11.5 Å². The van der Waals surface area contributed by atoms with Crippen LogP contribution in [-0.4, -0.2) is 338 Å². The molecular weight excluding hydrogens is 1780 g/mol. The van der Waals surface area contributed by atoms with Crippen LogP contribution in [0.1, 0.15) is 144 Å². The summed E-state index contributed by atoms with van der Waals surface area (Å²) in [7, 11) is 10.3. The number of rotatable bonds is 21. The largest absolute Gasteiger partial charge is 0.496 e. The number of nitrogens with zero attached hydrogens (tertiary/aromatic N) is 6. The van der Waals surface area contributed by atoms with Crippen molar-refractivity contribution in [2.45, 2.75) is 212 Å². The lowest BCUT2D eigenvalue weighted by molar-refractivity contribution is -0.229. The number of hydrogen-bond acceptors (Lipinski definition) is 31. The average molecular weight is 1900 g/mol. The molecule has 738 valence electrons. The van der Waals surface area contributed by atoms with Gasteiger partial charge >= 0.3 is 59.7 Å². The van der Waals surface area contributed by atoms with Gasteiger partial charge in [0.1, 0.15) is 22.3 Å². The highest BCUT2D eigenvalue weighted by molar-refractivity contribution is 5.99. The van der Waals surface area contributed by atoms with Crippen LogP contribution in [0.5, 0.6) is 11.5 Å². The molecule has 4 aromatic carbocycles. The van der Waals surface area contributed by atoms with Gasteiger partial charge in [-0.15, -0.1) is 0 Å². The van der Waals surface area contributed by atoms with Crippen molar-refractivity contribution >= 4 is 99.3 Å². The number of H-pyrrole nitrogens is 2. The Hall–Kier alpha value is -11.7. The highest BCUT2D eigenvalue weighted by Crippen LogP contribution is 2.71. The molecule has 0 radical (unpaired) electrons. The third-order valence-corrected chi connectivity index (χ3v) is 31.9. The van der Waals surface area contributed by atoms with E-state index in [1.165, 1.54) is 59.9 Å². The summed E-state index contributed by atoms with van der Waals surface area (Å²) < 4.78 is 47.6. The maximum Gasteiger partial charge on any atom is 0.344 e. The van der Waals surface area contributed by atoms with E-state index < -0.39 is 158 Å². The van der Waals surface area contributed by atoms with E-state index in [1.54, 1.807) is 13.2 Å². The molecule has 10 aliphatic heterocycles. The maximum atomic E-state index is 15.3. The quantitative estimate of drug-likeness (QED) is 0.0209. The number of likely N-dealkylation sites (N-methyl/N-ethyl adjacent to an activating group) is 1. The van der Waals surface area contributed by atoms with Gasteiger partial charge in [-0.3, -0.25) is 43.6 Å². The number of benzene rings is 4. The number of aromatic nitrogens is 2. The van der Waals surface area contributed by atoms with E-state index in [-0.39, 0.29) is 30.3 Å². The molecule has 137 heavy (non-hydrogen) atoms. The van der Waals surface area contributed by atoms with Gasteiger partial charge in [0.2, 0.25) is 17.6 Å². The van der Waals surface area contributed by atoms with Gasteiger partial charge in [-0.2, -0.15) is 0 Å². The van der Waals surface area contributed by atoms with E-state index in [2.05, 4.69) is 79.0 Å². The third-order valence-electron chi connectivity index (χ3n) is 31.9. The summed E-state index contributed by atoms with van der Waals surface area (Å²) in [6.07, 6.45) is 4.44. The molecule has 2 saturated carbocycles. The SMILES string of the molecule is CCC1=C[C@@H]2C[N@](C1)Cc1c([nH]c3ccccc13)[C@@](C(=O)OC)(c1cc3c(cc1OC)N(C)[C@H]1[C@@](O)(C(=O)OC)[C@H](OC(C)=O)[C@]4(CC)C=CCN5CC[C@]31[C@@H]54)C2.CC[C@]1(O)C[C@H]2C[N@](CCc3c([nH]c4ccccc34)[C@@](C(=O)OC)(c3cc4c(cc3OC)N(C=O)[C@H]3[C@@](O)(C(=O)OC)[C@H](OC(C)=O)[C@]5(CC)C=CCN6CC[C@]43[C@@H]65)C2)C1.O=C(O)C(O)C(O)C(=O)O.O=C(O)C(O)C(O)C(=O)O. The van der Waals surface area contributed by atoms with E-state index in [1.807, 2.05) is 87.3 Å². The molecule has 23 atom stereocenters. The molecule has 4 bridgehead atoms. The number of fused-ring (bicyclic) bond motifs is 12. The number of aliphatic hydroxyl groups is 7. The number of anilines is 2. The van der Waals surface area contributed by atoms with Crippen molar-refractivity contribution < 1.29 is 147 Å². The second-order valence-corrected chi connectivity index (χ2v) is 38.4. The number of aliphatic carboxylic acids is 4. The lowest BCUT2D eigenvalue weighted by atomic mass is 9.47. The van der Waals surface area contributed by atoms with Crippen molar-refractivity contribution in [1.82, 2.24) is 29.6 Å². The number of carboxylic acid groups (broad SMARTS) is 4. The molecule has 4 unspecified atom stereocenters. The standard InChI is InChI=1S/C46H56N4O10.C45H54N4O8.2C4H6O6/c1-7-42(55)22-28-23-45(40(53)58-5,36-30(14-18-48(24-28)25-42)29-12-9-10-13-33(29)47-36)32-20-31-34(21-35(32)57-4)50(26-51)38-44(31)16-19-49-17-11-15-43(8-2,37(44)49)39(60-27(3)52)46(38,56)41(54)59-6;1-8-27-19-28-22-44(40(51)55-6,36-30(25-48(23-27)24-28)29-13-10-11-14-33(29)46-36)32-20-31-34(21-35(32)54-5)47(4)38-43(31)16-18-49-17-12-15-42(9-2,37(43)49)39(57-26(3)50)45(38,53)41(52)56-7;2*5-1(3(7)8)2(6)4(9)10/h9-13,15,20-21,26,28,37-39,47,55-56H,7-8,14,16-19,22-25H2,1-6H3;10-15,19-21,28,37-39,46,53H,8-9,16-18,22-25H2,1-7H3;2*1-2,5-6H,(H,7,8)(H,9,10)/t28-,37+,38-,39-,42+,43-,44-,45+,46+;28-,37-,38+,39+,42+,43+,44-,45-;;/m10../s1. The van der Waals surface area contributed by atoms with Crippen LogP contribution < -0.4 is 19.3 Å². The number of piperidine rings is 1. The van der Waals surface area contributed by atoms with Gasteiger partial charge in [-0.05, 0) is 136 Å². The number of amides is 1. The number of nitrogens with one attached hydrogen (secondary N) is 2. The number of hydrogen-bond donors (Lipinski definition) is 13. The third kappa shape index (κ3) is 15.2. The van der Waals surface area contributed by atoms with E-state index in [0.717, 1.165) is 69.4 Å². The average Bonchev–Trinajstić information content (AvgIpc) is 1.49. The Labute approximate surface area is 789 Å². The normalized spacial score (nSPS) is 32.8. The zero-order valence-electron chi connectivity index (χ0n) is 78.8. The highest BCUT2D eigenvalue weighted by atomic mass is 16.6. The van der Waals surface area contributed by atoms with E-state index >= 15 is 9.59 Å². The Balaban J connectivity index is 0.000000173. The minimum atomic E-state index is -2.53. The van der Waals surface area contributed by atoms with E-state index in [9.17, 15) is 58.5 Å². The number of carbonyl (C=O) groups excluding carboxylic acids is 7. The summed E-state index contributed by atoms with van der Waals surface area (Å²) in [5.74, 6) is -10.5. The molecule has 2 spiro atoms. The van der Waals surface area contributed by atoms with E-state index in [4.69, 9.17) is 78.7 Å². The topological polar surface area (TPSA) is 535 Å². The van der Waals surface area contributed by atoms with Crippen LogP contribution in [0.15, 0.2) is 109 Å². The monoisotopic (exact) mass is 1900 g/mol. The highest BCUT2D eigenvalue weighted by Gasteiger charge is 2.83. The molecule has 12 aliphatic rings. The van der Waals surface area contributed by atoms with Crippen molar-refractivity contribution in [1.29, 1.82) is 0 Å². The molecule has 13 N–H and O–H groups in total. The molecule has 6 aromatic rings. The second kappa shape index (κ2) is 37.2. The molecule has 18 rings (SSSR count). The molecule has 38 heteroatoms. The number of aliphatic hydroxyl groups excluding tert-OH is 4. The van der Waals surface area contributed by atoms with Crippen LogP contribution >= 0.6 is 0 Å². The smallest absolute Gasteiger partial charge is 0.344 e. The van der Waals surface area contributed by atoms with Crippen LogP contribution in [0.25, 0.3) is 21.8 Å². The Kier molecular flexibility index (Phi) is 27.1. The van der Waals surface area contributed by atoms with Crippen LogP contribution in [-0.2, 0) is 116 Å². The fourth-order valence-corrected chi connectivity index (χ4v) is 26.7. The summed E-state index contributed by atoms with van der Waals surface area (Å²) in [5.41, 5.74) is -2.10. The van der Waals surface area contributed by atoms with Gasteiger partial charge in [0.25, 0.3) is 0 Å². The predicted molar refractivity (Wildman–Crippen MR) is 489 cm³/mol. The van der Waals surface area contributed by atoms with Gasteiger partial charge in [0.05, 0.1) is 66.0 Å². The number of esters is 6. The molecular formula is C99H122N8O30. The molecule has 12 heterocycles. The summed E-state index contributed by atoms with van der Waals surface area (Å²) in [6.45, 7) is 17.4. The number of aromatic amines is 2. The maximum absolute atomic E-state index is 15.3. The molecule has 1 amide bonds. The molecule has 38 nitrogen and oxygen atoms in total. The first kappa shape index (κ1) is 99.8. The zero-order chi connectivity index (χ0) is 99.4. The Morgan fingerprint density at radius 1 is 0.511 bits per heavy atom. The van der Waals surface area contributed by atoms with Gasteiger partial charge in [0.15, 0.2) is 36.6 Å². The lowest BCUT2D eigenvalue weighted by Crippen LogP contribution is -2.81. The van der Waals surface area contributed by atoms with Crippen LogP contribution in [0.2, 0.25) is 0 Å². The Morgan fingerprint density at radius 3 is 1.40 bits per heavy atom. The van der Waals surface area contributed by atoms with Gasteiger partial charge < -0.3 is 114 Å². The molecule has 2 aromatic heterocycles. The van der Waals surface area contributed by atoms with Crippen LogP contribution in [0, 0.1) is 22.7 Å². The lowest BCUT2D eigenvalue weighted by Gasteiger charge is -2.63. The van der Waals surface area contributed by atoms with Crippen LogP contribution in [0.3, 0.4) is 0 Å². The molecule has 2 aliphatic carbocycles. The number of para-hydroxylation sites is 2. The first-order valence-corrected chi connectivity index (χ1v) is 46.2. The van der Waals surface area contributed by atoms with E-state index in [0.29, 0.717) is 150 Å². The van der Waals surface area contributed by atoms with Crippen molar-refractivity contribution in [2.75, 3.05) is 118 Å².